The third kappa shape index (κ3) is 1.41. The molecule has 0 bridgehead atoms. The van der Waals surface area contributed by atoms with E-state index in [1.807, 2.05) is 0 Å². The second kappa shape index (κ2) is 2.83. The molecule has 0 radical (unpaired) electrons. The zero-order valence-electron chi connectivity index (χ0n) is 6.98. The number of alkyl halides is 2. The van der Waals surface area contributed by atoms with E-state index in [2.05, 4.69) is 11.9 Å². The van der Waals surface area contributed by atoms with Crippen LogP contribution >= 0.6 is 0 Å². The molecule has 0 atom stereocenters. The highest BCUT2D eigenvalue weighted by Gasteiger charge is 2.15. The van der Waals surface area contributed by atoms with E-state index in [1.54, 1.807) is 6.07 Å². The highest BCUT2D eigenvalue weighted by molar-refractivity contribution is 5.62. The van der Waals surface area contributed by atoms with Crippen LogP contribution in [-0.4, -0.2) is 0 Å². The van der Waals surface area contributed by atoms with E-state index in [0.717, 1.165) is 16.9 Å². The molecule has 0 saturated heterocycles. The molecule has 0 amide bonds. The molecule has 1 N–H and O–H groups in total. The van der Waals surface area contributed by atoms with Crippen LogP contribution in [0.5, 0.6) is 0 Å². The zero-order chi connectivity index (χ0) is 9.42. The van der Waals surface area contributed by atoms with Gasteiger partial charge in [0, 0.05) is 23.4 Å². The van der Waals surface area contributed by atoms with Crippen LogP contribution in [0.2, 0.25) is 0 Å². The zero-order valence-corrected chi connectivity index (χ0v) is 6.98. The number of hydrogen-bond acceptors (Lipinski definition) is 1. The summed E-state index contributed by atoms with van der Waals surface area (Å²) in [6.07, 6.45) is -1.74. The average Bonchev–Trinajstić information content (AvgIpc) is 2.42. The van der Waals surface area contributed by atoms with Crippen molar-refractivity contribution in [3.63, 3.8) is 0 Å². The Labute approximate surface area is 75.1 Å². The molecule has 0 fully saturated rings. The van der Waals surface area contributed by atoms with Crippen molar-refractivity contribution in [2.75, 3.05) is 5.32 Å². The summed E-state index contributed by atoms with van der Waals surface area (Å²) in [6, 6.07) is 4.65. The fourth-order valence-electron chi connectivity index (χ4n) is 1.48. The number of hydrogen-bond donors (Lipinski definition) is 1. The summed E-state index contributed by atoms with van der Waals surface area (Å²) < 4.78 is 24.6. The van der Waals surface area contributed by atoms with Crippen LogP contribution in [0.25, 0.3) is 0 Å². The first-order valence-electron chi connectivity index (χ1n) is 4.02. The molecule has 1 aromatic rings. The molecule has 1 nitrogen and oxygen atoms in total. The number of allylic oxidation sites excluding steroid dienone is 1. The minimum atomic E-state index is -2.39. The predicted molar refractivity (Wildman–Crippen MR) is 47.9 cm³/mol. The van der Waals surface area contributed by atoms with Gasteiger partial charge in [-0.1, -0.05) is 12.6 Å². The minimum absolute atomic E-state index is 0.0789. The second-order valence-corrected chi connectivity index (χ2v) is 3.12. The molecule has 3 heteroatoms. The fourth-order valence-corrected chi connectivity index (χ4v) is 1.48. The van der Waals surface area contributed by atoms with Gasteiger partial charge in [-0.15, -0.1) is 0 Å². The average molecular weight is 181 g/mol. The van der Waals surface area contributed by atoms with E-state index < -0.39 is 6.43 Å². The maximum atomic E-state index is 12.3. The Hall–Kier alpha value is -1.38. The monoisotopic (exact) mass is 181 g/mol. The van der Waals surface area contributed by atoms with Crippen LogP contribution in [0.15, 0.2) is 30.5 Å². The smallest absolute Gasteiger partial charge is 0.263 e. The topological polar surface area (TPSA) is 12.0 Å². The lowest BCUT2D eigenvalue weighted by Crippen LogP contribution is -1.88. The molecule has 0 saturated carbocycles. The van der Waals surface area contributed by atoms with Crippen molar-refractivity contribution in [3.05, 3.63) is 41.6 Å². The van der Waals surface area contributed by atoms with Crippen molar-refractivity contribution in [2.24, 2.45) is 0 Å². The molecule has 68 valence electrons. The SMILES string of the molecule is C=C1Cc2cc(C(F)F)ccc2N1. The van der Waals surface area contributed by atoms with Crippen molar-refractivity contribution >= 4 is 5.69 Å². The van der Waals surface area contributed by atoms with Gasteiger partial charge in [0.25, 0.3) is 6.43 Å². The van der Waals surface area contributed by atoms with Crippen LogP contribution in [-0.2, 0) is 6.42 Å². The maximum absolute atomic E-state index is 12.3. The molecule has 2 rings (SSSR count). The van der Waals surface area contributed by atoms with Crippen molar-refractivity contribution in [1.29, 1.82) is 0 Å². The molecular formula is C10H9F2N. The third-order valence-corrected chi connectivity index (χ3v) is 2.10. The Morgan fingerprint density at radius 2 is 2.15 bits per heavy atom. The van der Waals surface area contributed by atoms with E-state index in [0.29, 0.717) is 6.42 Å². The van der Waals surface area contributed by atoms with E-state index in [9.17, 15) is 8.78 Å². The molecule has 0 aromatic heterocycles. The second-order valence-electron chi connectivity index (χ2n) is 3.12. The molecule has 0 aliphatic carbocycles. The van der Waals surface area contributed by atoms with E-state index >= 15 is 0 Å². The predicted octanol–water partition coefficient (Wildman–Crippen LogP) is 3.11. The standard InChI is InChI=1S/C10H9F2N/c1-6-4-8-5-7(10(11)12)2-3-9(8)13-6/h2-3,5,10,13H,1,4H2. The van der Waals surface area contributed by atoms with E-state index in [1.165, 1.54) is 12.1 Å². The Morgan fingerprint density at radius 3 is 2.85 bits per heavy atom. The summed E-state index contributed by atoms with van der Waals surface area (Å²) in [7, 11) is 0. The molecule has 1 aliphatic heterocycles. The van der Waals surface area contributed by atoms with Gasteiger partial charge in [0.2, 0.25) is 0 Å². The summed E-state index contributed by atoms with van der Waals surface area (Å²) >= 11 is 0. The maximum Gasteiger partial charge on any atom is 0.263 e. The minimum Gasteiger partial charge on any atom is -0.359 e. The van der Waals surface area contributed by atoms with Crippen molar-refractivity contribution in [3.8, 4) is 0 Å². The highest BCUT2D eigenvalue weighted by atomic mass is 19.3. The van der Waals surface area contributed by atoms with Gasteiger partial charge in [-0.25, -0.2) is 8.78 Å². The summed E-state index contributed by atoms with van der Waals surface area (Å²) in [5.41, 5.74) is 2.74. The summed E-state index contributed by atoms with van der Waals surface area (Å²) in [6.45, 7) is 3.74. The quantitative estimate of drug-likeness (QED) is 0.701. The van der Waals surface area contributed by atoms with Crippen LogP contribution in [0.4, 0.5) is 14.5 Å². The Morgan fingerprint density at radius 1 is 1.38 bits per heavy atom. The van der Waals surface area contributed by atoms with Crippen LogP contribution in [0, 0.1) is 0 Å². The molecule has 1 aromatic carbocycles. The highest BCUT2D eigenvalue weighted by Crippen LogP contribution is 2.30. The van der Waals surface area contributed by atoms with Crippen LogP contribution in [0.1, 0.15) is 17.6 Å². The molecule has 0 spiro atoms. The molecule has 13 heavy (non-hydrogen) atoms. The normalized spacial score (nSPS) is 14.5. The van der Waals surface area contributed by atoms with Gasteiger partial charge in [0.05, 0.1) is 0 Å². The number of fused-ring (bicyclic) bond motifs is 1. The summed E-state index contributed by atoms with van der Waals surface area (Å²) in [5.74, 6) is 0. The van der Waals surface area contributed by atoms with Gasteiger partial charge in [-0.2, -0.15) is 0 Å². The van der Waals surface area contributed by atoms with Crippen LogP contribution < -0.4 is 5.32 Å². The van der Waals surface area contributed by atoms with Crippen LogP contribution in [0.3, 0.4) is 0 Å². The van der Waals surface area contributed by atoms with E-state index in [-0.39, 0.29) is 5.56 Å². The number of rotatable bonds is 1. The number of anilines is 1. The molecule has 1 heterocycles. The largest absolute Gasteiger partial charge is 0.359 e. The van der Waals surface area contributed by atoms with Crippen molar-refractivity contribution in [2.45, 2.75) is 12.8 Å². The lowest BCUT2D eigenvalue weighted by atomic mass is 10.1. The number of benzene rings is 1. The summed E-state index contributed by atoms with van der Waals surface area (Å²) in [4.78, 5) is 0. The van der Waals surface area contributed by atoms with Gasteiger partial charge in [0.1, 0.15) is 0 Å². The number of nitrogens with one attached hydrogen (secondary N) is 1. The summed E-state index contributed by atoms with van der Waals surface area (Å²) in [5, 5.41) is 3.02. The molecular weight excluding hydrogens is 172 g/mol. The third-order valence-electron chi connectivity index (χ3n) is 2.10. The molecule has 0 unspecified atom stereocenters. The fraction of sp³-hybridized carbons (Fsp3) is 0.200. The lowest BCUT2D eigenvalue weighted by Gasteiger charge is -2.02. The molecule has 1 aliphatic rings. The Balaban J connectivity index is 2.40. The Bertz CT molecular complexity index is 358. The first-order chi connectivity index (χ1) is 6.16. The van der Waals surface area contributed by atoms with Gasteiger partial charge in [0.15, 0.2) is 0 Å². The van der Waals surface area contributed by atoms with Gasteiger partial charge < -0.3 is 5.32 Å². The first kappa shape index (κ1) is 8.23. The first-order valence-corrected chi connectivity index (χ1v) is 4.02. The van der Waals surface area contributed by atoms with Crippen molar-refractivity contribution in [1.82, 2.24) is 0 Å². The van der Waals surface area contributed by atoms with E-state index in [4.69, 9.17) is 0 Å². The lowest BCUT2D eigenvalue weighted by molar-refractivity contribution is 0.151. The van der Waals surface area contributed by atoms with Gasteiger partial charge in [-0.3, -0.25) is 0 Å². The van der Waals surface area contributed by atoms with Crippen molar-refractivity contribution < 1.29 is 8.78 Å². The van der Waals surface area contributed by atoms with Gasteiger partial charge >= 0.3 is 0 Å². The number of halogens is 2. The Kier molecular flexibility index (Phi) is 1.79. The van der Waals surface area contributed by atoms with Gasteiger partial charge in [-0.05, 0) is 17.7 Å².